The van der Waals surface area contributed by atoms with Gasteiger partial charge in [0.2, 0.25) is 0 Å². The van der Waals surface area contributed by atoms with Crippen LogP contribution in [0.25, 0.3) is 0 Å². The Morgan fingerprint density at radius 3 is 2.26 bits per heavy atom. The maximum atomic E-state index is 11.1. The van der Waals surface area contributed by atoms with Crippen LogP contribution in [0.5, 0.6) is 0 Å². The minimum absolute atomic E-state index is 0.128. The van der Waals surface area contributed by atoms with E-state index >= 15 is 0 Å². The van der Waals surface area contributed by atoms with Crippen LogP contribution >= 0.6 is 0 Å². The zero-order valence-electron chi connectivity index (χ0n) is 11.9. The zero-order valence-corrected chi connectivity index (χ0v) is 11.9. The molecule has 0 saturated carbocycles. The van der Waals surface area contributed by atoms with Crippen LogP contribution in [0.15, 0.2) is 0 Å². The molecule has 106 valence electrons. The Labute approximate surface area is 116 Å². The molecule has 0 N–H and O–H groups in total. The molecule has 3 heteroatoms. The van der Waals surface area contributed by atoms with Gasteiger partial charge in [-0.15, -0.1) is 5.92 Å². The molecule has 0 aromatic heterocycles. The number of carbonyl (C=O) groups excluding carboxylic acids is 2. The van der Waals surface area contributed by atoms with E-state index in [2.05, 4.69) is 23.5 Å². The number of esters is 2. The summed E-state index contributed by atoms with van der Waals surface area (Å²) in [6.45, 7) is 2.23. The quantitative estimate of drug-likeness (QED) is 0.291. The van der Waals surface area contributed by atoms with Gasteiger partial charge in [-0.1, -0.05) is 57.8 Å². The summed E-state index contributed by atoms with van der Waals surface area (Å²) in [4.78, 5) is 22.0. The average Bonchev–Trinajstić information content (AvgIpc) is 2.70. The highest BCUT2D eigenvalue weighted by Crippen LogP contribution is 2.14. The molecular weight excluding hydrogens is 240 g/mol. The molecule has 1 rings (SSSR count). The molecule has 1 heterocycles. The van der Waals surface area contributed by atoms with E-state index in [9.17, 15) is 9.59 Å². The minimum atomic E-state index is -0.512. The van der Waals surface area contributed by atoms with Crippen molar-refractivity contribution in [2.24, 2.45) is 5.92 Å². The number of rotatable bonds is 8. The van der Waals surface area contributed by atoms with Crippen molar-refractivity contribution in [2.75, 3.05) is 0 Å². The van der Waals surface area contributed by atoms with Crippen molar-refractivity contribution < 1.29 is 14.3 Å². The maximum Gasteiger partial charge on any atom is 0.329 e. The first kappa shape index (κ1) is 15.8. The number of carbonyl (C=O) groups is 2. The molecule has 1 fully saturated rings. The first-order valence-electron chi connectivity index (χ1n) is 7.47. The third-order valence-corrected chi connectivity index (χ3v) is 3.30. The molecule has 0 aromatic rings. The molecule has 0 bridgehead atoms. The van der Waals surface area contributed by atoms with Crippen LogP contribution in [-0.4, -0.2) is 11.9 Å². The standard InChI is InChI=1S/C16H24O3/c1-2-3-4-5-6-7-8-9-10-11-12-14-13-15(17)19-16(14)18/h14H,2-10,13H2,1H3. The summed E-state index contributed by atoms with van der Waals surface area (Å²) in [5, 5.41) is 0. The van der Waals surface area contributed by atoms with Gasteiger partial charge >= 0.3 is 11.9 Å². The van der Waals surface area contributed by atoms with E-state index in [1.807, 2.05) is 0 Å². The van der Waals surface area contributed by atoms with E-state index in [1.165, 1.54) is 44.9 Å². The number of cyclic esters (lactones) is 2. The van der Waals surface area contributed by atoms with E-state index in [0.717, 1.165) is 12.8 Å². The fraction of sp³-hybridized carbons (Fsp3) is 0.750. The van der Waals surface area contributed by atoms with Crippen LogP contribution < -0.4 is 0 Å². The SMILES string of the molecule is CCCCCCCCCCC#CC1CC(=O)OC1=O. The first-order valence-corrected chi connectivity index (χ1v) is 7.47. The molecule has 1 aliphatic heterocycles. The summed E-state index contributed by atoms with van der Waals surface area (Å²) in [7, 11) is 0. The molecular formula is C16H24O3. The van der Waals surface area contributed by atoms with E-state index in [1.54, 1.807) is 0 Å². The molecule has 1 aliphatic rings. The Bertz CT molecular complexity index is 349. The average molecular weight is 264 g/mol. The molecule has 0 aliphatic carbocycles. The van der Waals surface area contributed by atoms with Gasteiger partial charge in [0.1, 0.15) is 5.92 Å². The second-order valence-corrected chi connectivity index (χ2v) is 5.10. The van der Waals surface area contributed by atoms with Crippen LogP contribution in [0, 0.1) is 17.8 Å². The molecule has 1 atom stereocenters. The molecule has 3 nitrogen and oxygen atoms in total. The Kier molecular flexibility index (Phi) is 7.97. The smallest absolute Gasteiger partial charge is 0.329 e. The van der Waals surface area contributed by atoms with Gasteiger partial charge in [-0.3, -0.25) is 9.59 Å². The summed E-state index contributed by atoms with van der Waals surface area (Å²) < 4.78 is 4.44. The van der Waals surface area contributed by atoms with Crippen LogP contribution in [0.4, 0.5) is 0 Å². The summed E-state index contributed by atoms with van der Waals surface area (Å²) >= 11 is 0. The fourth-order valence-electron chi connectivity index (χ4n) is 2.13. The Morgan fingerprint density at radius 1 is 1.05 bits per heavy atom. The highest BCUT2D eigenvalue weighted by atomic mass is 16.6. The van der Waals surface area contributed by atoms with Gasteiger partial charge in [0, 0.05) is 6.42 Å². The van der Waals surface area contributed by atoms with E-state index < -0.39 is 17.9 Å². The third kappa shape index (κ3) is 7.00. The molecule has 19 heavy (non-hydrogen) atoms. The Morgan fingerprint density at radius 2 is 1.68 bits per heavy atom. The topological polar surface area (TPSA) is 43.4 Å². The molecule has 1 saturated heterocycles. The zero-order chi connectivity index (χ0) is 13.9. The normalized spacial score (nSPS) is 18.1. The number of ether oxygens (including phenoxy) is 1. The van der Waals surface area contributed by atoms with E-state index in [0.29, 0.717) is 0 Å². The third-order valence-electron chi connectivity index (χ3n) is 3.30. The lowest BCUT2D eigenvalue weighted by Crippen LogP contribution is -2.04. The lowest BCUT2D eigenvalue weighted by Gasteiger charge is -1.99. The monoisotopic (exact) mass is 264 g/mol. The van der Waals surface area contributed by atoms with Crippen LogP contribution in [0.1, 0.15) is 71.1 Å². The van der Waals surface area contributed by atoms with Gasteiger partial charge in [-0.05, 0) is 6.42 Å². The van der Waals surface area contributed by atoms with Gasteiger partial charge < -0.3 is 4.74 Å². The van der Waals surface area contributed by atoms with Gasteiger partial charge in [0.15, 0.2) is 0 Å². The Balaban J connectivity index is 1.96. The summed E-state index contributed by atoms with van der Waals surface area (Å²) in [6.07, 6.45) is 11.2. The fourth-order valence-corrected chi connectivity index (χ4v) is 2.13. The van der Waals surface area contributed by atoms with E-state index in [-0.39, 0.29) is 6.42 Å². The lowest BCUT2D eigenvalue weighted by atomic mass is 10.1. The highest BCUT2D eigenvalue weighted by molar-refractivity contribution is 5.96. The minimum Gasteiger partial charge on any atom is -0.392 e. The maximum absolute atomic E-state index is 11.1. The predicted molar refractivity (Wildman–Crippen MR) is 74.2 cm³/mol. The Hall–Kier alpha value is -1.30. The lowest BCUT2D eigenvalue weighted by molar-refractivity contribution is -0.152. The molecule has 1 unspecified atom stereocenters. The van der Waals surface area contributed by atoms with Gasteiger partial charge in [-0.25, -0.2) is 0 Å². The van der Waals surface area contributed by atoms with Gasteiger partial charge in [0.05, 0.1) is 6.42 Å². The number of hydrogen-bond acceptors (Lipinski definition) is 3. The molecule has 0 amide bonds. The van der Waals surface area contributed by atoms with Crippen molar-refractivity contribution in [3.63, 3.8) is 0 Å². The van der Waals surface area contributed by atoms with Crippen LogP contribution in [0.3, 0.4) is 0 Å². The largest absolute Gasteiger partial charge is 0.392 e. The highest BCUT2D eigenvalue weighted by Gasteiger charge is 2.31. The number of unbranched alkanes of at least 4 members (excludes halogenated alkanes) is 8. The summed E-state index contributed by atoms with van der Waals surface area (Å²) in [5.41, 5.74) is 0. The van der Waals surface area contributed by atoms with Crippen LogP contribution in [-0.2, 0) is 14.3 Å². The van der Waals surface area contributed by atoms with Crippen molar-refractivity contribution in [3.8, 4) is 11.8 Å². The summed E-state index contributed by atoms with van der Waals surface area (Å²) in [6, 6.07) is 0. The second kappa shape index (κ2) is 9.61. The van der Waals surface area contributed by atoms with Crippen molar-refractivity contribution in [1.29, 1.82) is 0 Å². The van der Waals surface area contributed by atoms with Crippen molar-refractivity contribution in [1.82, 2.24) is 0 Å². The van der Waals surface area contributed by atoms with Crippen molar-refractivity contribution in [3.05, 3.63) is 0 Å². The number of hydrogen-bond donors (Lipinski definition) is 0. The van der Waals surface area contributed by atoms with Gasteiger partial charge in [-0.2, -0.15) is 0 Å². The predicted octanol–water partition coefficient (Wildman–Crippen LogP) is 3.61. The van der Waals surface area contributed by atoms with Crippen molar-refractivity contribution in [2.45, 2.75) is 71.1 Å². The van der Waals surface area contributed by atoms with E-state index in [4.69, 9.17) is 0 Å². The molecule has 0 aromatic carbocycles. The van der Waals surface area contributed by atoms with Crippen LogP contribution in [0.2, 0.25) is 0 Å². The molecule has 0 spiro atoms. The molecule has 0 radical (unpaired) electrons. The first-order chi connectivity index (χ1) is 9.24. The van der Waals surface area contributed by atoms with Crippen molar-refractivity contribution >= 4 is 11.9 Å². The second-order valence-electron chi connectivity index (χ2n) is 5.10. The summed E-state index contributed by atoms with van der Waals surface area (Å²) in [5.74, 6) is 4.38. The van der Waals surface area contributed by atoms with Gasteiger partial charge in [0.25, 0.3) is 0 Å².